The average molecular weight is 301 g/mol. The van der Waals surface area contributed by atoms with E-state index < -0.39 is 7.12 Å². The molecule has 0 radical (unpaired) electrons. The number of ether oxygens (including phenoxy) is 1. The second-order valence-corrected chi connectivity index (χ2v) is 6.35. The van der Waals surface area contributed by atoms with Crippen LogP contribution in [0, 0.1) is 0 Å². The zero-order chi connectivity index (χ0) is 16.0. The number of rotatable bonds is 3. The molecule has 0 N–H and O–H groups in total. The molecular weight excluding hydrogens is 281 g/mol. The molecule has 0 spiro atoms. The first-order valence-electron chi connectivity index (χ1n) is 7.25. The lowest BCUT2D eigenvalue weighted by molar-refractivity contribution is 0.00578. The van der Waals surface area contributed by atoms with Gasteiger partial charge >= 0.3 is 7.12 Å². The predicted molar refractivity (Wildman–Crippen MR) is 83.6 cm³/mol. The predicted octanol–water partition coefficient (Wildman–Crippen LogP) is 1.58. The fourth-order valence-electron chi connectivity index (χ4n) is 2.19. The van der Waals surface area contributed by atoms with Crippen LogP contribution in [-0.4, -0.2) is 40.4 Å². The van der Waals surface area contributed by atoms with Crippen molar-refractivity contribution >= 4 is 12.7 Å². The van der Waals surface area contributed by atoms with Gasteiger partial charge in [-0.25, -0.2) is 0 Å². The number of benzene rings is 1. The van der Waals surface area contributed by atoms with Crippen LogP contribution in [0.5, 0.6) is 5.75 Å². The van der Waals surface area contributed by atoms with Crippen molar-refractivity contribution < 1.29 is 14.0 Å². The van der Waals surface area contributed by atoms with Crippen LogP contribution in [0.15, 0.2) is 30.5 Å². The van der Waals surface area contributed by atoms with Crippen LogP contribution in [0.3, 0.4) is 0 Å². The Morgan fingerprint density at radius 3 is 2.18 bits per heavy atom. The van der Waals surface area contributed by atoms with Gasteiger partial charge in [-0.2, -0.15) is 15.0 Å². The maximum Gasteiger partial charge on any atom is 0.518 e. The van der Waals surface area contributed by atoms with E-state index >= 15 is 0 Å². The molecule has 22 heavy (non-hydrogen) atoms. The van der Waals surface area contributed by atoms with E-state index in [9.17, 15) is 0 Å². The second-order valence-electron chi connectivity index (χ2n) is 6.35. The van der Waals surface area contributed by atoms with Crippen molar-refractivity contribution in [2.45, 2.75) is 38.9 Å². The highest BCUT2D eigenvalue weighted by Gasteiger charge is 2.52. The minimum Gasteiger partial charge on any atom is -0.497 e. The van der Waals surface area contributed by atoms with Gasteiger partial charge in [0, 0.05) is 0 Å². The van der Waals surface area contributed by atoms with Gasteiger partial charge in [0.05, 0.1) is 30.2 Å². The standard InChI is InChI=1S/C15H20BN3O3/c1-14(2)15(3,4)22-16(21-14)13-10-17-19(18-13)11-6-8-12(20-5)9-7-11/h6-10H,1-5H3. The molecule has 1 aliphatic rings. The minimum atomic E-state index is -0.503. The molecular formula is C15H20BN3O3. The van der Waals surface area contributed by atoms with Crippen molar-refractivity contribution in [1.82, 2.24) is 15.0 Å². The van der Waals surface area contributed by atoms with E-state index in [1.807, 2.05) is 52.0 Å². The molecule has 0 unspecified atom stereocenters. The first-order valence-corrected chi connectivity index (χ1v) is 7.25. The van der Waals surface area contributed by atoms with E-state index in [2.05, 4.69) is 10.2 Å². The lowest BCUT2D eigenvalue weighted by Crippen LogP contribution is -2.41. The highest BCUT2D eigenvalue weighted by atomic mass is 16.7. The van der Waals surface area contributed by atoms with E-state index in [0.29, 0.717) is 5.59 Å². The maximum absolute atomic E-state index is 5.98. The van der Waals surface area contributed by atoms with E-state index in [1.54, 1.807) is 18.1 Å². The molecule has 3 rings (SSSR count). The highest BCUT2D eigenvalue weighted by Crippen LogP contribution is 2.36. The Balaban J connectivity index is 1.82. The average Bonchev–Trinajstić information content (AvgIpc) is 3.03. The van der Waals surface area contributed by atoms with Crippen molar-refractivity contribution in [1.29, 1.82) is 0 Å². The SMILES string of the molecule is COc1ccc(-n2ncc(B3OC(C)(C)C(C)(C)O3)n2)cc1. The zero-order valence-electron chi connectivity index (χ0n) is 13.5. The van der Waals surface area contributed by atoms with Crippen LogP contribution >= 0.6 is 0 Å². The molecule has 0 atom stereocenters. The Bertz CT molecular complexity index is 651. The van der Waals surface area contributed by atoms with Crippen LogP contribution in [-0.2, 0) is 9.31 Å². The summed E-state index contributed by atoms with van der Waals surface area (Å²) < 4.78 is 17.1. The molecule has 1 aromatic carbocycles. The first-order chi connectivity index (χ1) is 10.3. The van der Waals surface area contributed by atoms with Crippen molar-refractivity contribution in [3.63, 3.8) is 0 Å². The molecule has 2 heterocycles. The van der Waals surface area contributed by atoms with Gasteiger partial charge in [-0.15, -0.1) is 0 Å². The highest BCUT2D eigenvalue weighted by molar-refractivity contribution is 6.61. The molecule has 0 amide bonds. The van der Waals surface area contributed by atoms with Crippen molar-refractivity contribution in [3.8, 4) is 11.4 Å². The third-order valence-corrected chi connectivity index (χ3v) is 4.31. The Morgan fingerprint density at radius 2 is 1.64 bits per heavy atom. The van der Waals surface area contributed by atoms with Crippen LogP contribution in [0.1, 0.15) is 27.7 Å². The smallest absolute Gasteiger partial charge is 0.497 e. The van der Waals surface area contributed by atoms with Gasteiger partial charge in [-0.1, -0.05) is 0 Å². The summed E-state index contributed by atoms with van der Waals surface area (Å²) in [5, 5.41) is 8.75. The summed E-state index contributed by atoms with van der Waals surface area (Å²) in [5.41, 5.74) is 0.737. The zero-order valence-corrected chi connectivity index (χ0v) is 13.5. The summed E-state index contributed by atoms with van der Waals surface area (Å²) >= 11 is 0. The number of hydrogen-bond acceptors (Lipinski definition) is 5. The number of hydrogen-bond donors (Lipinski definition) is 0. The summed E-state index contributed by atoms with van der Waals surface area (Å²) in [5.74, 6) is 0.794. The number of methoxy groups -OCH3 is 1. The molecule has 7 heteroatoms. The molecule has 2 aromatic rings. The topological polar surface area (TPSA) is 58.4 Å². The molecule has 1 aliphatic heterocycles. The molecule has 1 saturated heterocycles. The van der Waals surface area contributed by atoms with Gasteiger partial charge < -0.3 is 14.0 Å². The summed E-state index contributed by atoms with van der Waals surface area (Å²) in [4.78, 5) is 1.56. The quantitative estimate of drug-likeness (QED) is 0.806. The lowest BCUT2D eigenvalue weighted by Gasteiger charge is -2.32. The fourth-order valence-corrected chi connectivity index (χ4v) is 2.19. The van der Waals surface area contributed by atoms with E-state index in [-0.39, 0.29) is 11.2 Å². The first kappa shape index (κ1) is 15.1. The Labute approximate surface area is 130 Å². The van der Waals surface area contributed by atoms with Crippen molar-refractivity contribution in [2.75, 3.05) is 7.11 Å². The van der Waals surface area contributed by atoms with Gasteiger partial charge in [0.15, 0.2) is 0 Å². The third kappa shape index (κ3) is 2.50. The van der Waals surface area contributed by atoms with Crippen LogP contribution in [0.2, 0.25) is 0 Å². The molecule has 0 aliphatic carbocycles. The minimum absolute atomic E-state index is 0.387. The maximum atomic E-state index is 5.98. The summed E-state index contributed by atoms with van der Waals surface area (Å²) in [7, 11) is 1.13. The van der Waals surface area contributed by atoms with Crippen molar-refractivity contribution in [3.05, 3.63) is 30.5 Å². The van der Waals surface area contributed by atoms with Gasteiger partial charge in [0.25, 0.3) is 0 Å². The van der Waals surface area contributed by atoms with Crippen LogP contribution in [0.25, 0.3) is 5.69 Å². The van der Waals surface area contributed by atoms with Gasteiger partial charge in [-0.05, 0) is 52.0 Å². The van der Waals surface area contributed by atoms with E-state index in [0.717, 1.165) is 11.4 Å². The molecule has 0 bridgehead atoms. The molecule has 116 valence electrons. The monoisotopic (exact) mass is 301 g/mol. The summed E-state index contributed by atoms with van der Waals surface area (Å²) in [6.07, 6.45) is 1.67. The summed E-state index contributed by atoms with van der Waals surface area (Å²) in [6.45, 7) is 8.06. The van der Waals surface area contributed by atoms with Gasteiger partial charge in [0.1, 0.15) is 11.3 Å². The Hall–Kier alpha value is -1.86. The largest absolute Gasteiger partial charge is 0.518 e. The molecule has 1 aromatic heterocycles. The van der Waals surface area contributed by atoms with Crippen LogP contribution < -0.4 is 10.3 Å². The lowest BCUT2D eigenvalue weighted by atomic mass is 9.86. The Morgan fingerprint density at radius 1 is 1.05 bits per heavy atom. The van der Waals surface area contributed by atoms with Crippen molar-refractivity contribution in [2.24, 2.45) is 0 Å². The molecule has 6 nitrogen and oxygen atoms in total. The van der Waals surface area contributed by atoms with Gasteiger partial charge in [0.2, 0.25) is 0 Å². The summed E-state index contributed by atoms with van der Waals surface area (Å²) in [6, 6.07) is 7.53. The third-order valence-electron chi connectivity index (χ3n) is 4.31. The van der Waals surface area contributed by atoms with Gasteiger partial charge in [-0.3, -0.25) is 0 Å². The Kier molecular flexibility index (Phi) is 3.49. The number of aromatic nitrogens is 3. The normalized spacial score (nSPS) is 19.4. The van der Waals surface area contributed by atoms with E-state index in [4.69, 9.17) is 14.0 Å². The number of nitrogens with zero attached hydrogens (tertiary/aromatic N) is 3. The fraction of sp³-hybridized carbons (Fsp3) is 0.467. The van der Waals surface area contributed by atoms with E-state index in [1.165, 1.54) is 0 Å². The molecule has 1 fully saturated rings. The molecule has 0 saturated carbocycles. The second kappa shape index (κ2) is 5.10. The van der Waals surface area contributed by atoms with Crippen LogP contribution in [0.4, 0.5) is 0 Å².